The van der Waals surface area contributed by atoms with Crippen molar-refractivity contribution in [2.75, 3.05) is 19.4 Å². The third-order valence-corrected chi connectivity index (χ3v) is 9.23. The van der Waals surface area contributed by atoms with E-state index in [0.717, 1.165) is 48.1 Å². The predicted octanol–water partition coefficient (Wildman–Crippen LogP) is 6.15. The molecular formula is C20H18ClN3OS4. The molecule has 0 saturated carbocycles. The minimum absolute atomic E-state index is 0.464. The molecule has 0 amide bonds. The first-order chi connectivity index (χ1) is 14.2. The molecule has 0 unspecified atom stereocenters. The second-order valence-corrected chi connectivity index (χ2v) is 11.4. The summed E-state index contributed by atoms with van der Waals surface area (Å²) in [6, 6.07) is 16.0. The molecule has 0 spiro atoms. The monoisotopic (exact) mass is 479 g/mol. The van der Waals surface area contributed by atoms with Crippen LogP contribution in [0.1, 0.15) is 11.1 Å². The van der Waals surface area contributed by atoms with Crippen LogP contribution in [0.5, 0.6) is 5.75 Å². The van der Waals surface area contributed by atoms with Gasteiger partial charge in [0.05, 0.1) is 18.7 Å². The van der Waals surface area contributed by atoms with E-state index in [0.29, 0.717) is 5.25 Å². The molecule has 9 heteroatoms. The van der Waals surface area contributed by atoms with Crippen LogP contribution in [0.15, 0.2) is 62.2 Å². The van der Waals surface area contributed by atoms with Gasteiger partial charge >= 0.3 is 0 Å². The van der Waals surface area contributed by atoms with Gasteiger partial charge in [0.15, 0.2) is 8.68 Å². The molecule has 1 aliphatic heterocycles. The molecule has 1 atom stereocenters. The standard InChI is InChI=1S/C20H18ClN3OS4/c1-25-16-8-4-14(5-9-16)18-22-10-17(28-18)12-27-20-24-23-19(29-20)26-11-13-2-6-15(21)7-3-13/h2-9,17H,10-12H2,1H3/t17-/m0/s1. The lowest BCUT2D eigenvalue weighted by Gasteiger charge is -2.06. The summed E-state index contributed by atoms with van der Waals surface area (Å²) < 4.78 is 7.23. The molecule has 1 aromatic heterocycles. The minimum atomic E-state index is 0.464. The number of aromatic nitrogens is 2. The second kappa shape index (κ2) is 10.2. The molecule has 4 rings (SSSR count). The van der Waals surface area contributed by atoms with Crippen LogP contribution in [0.2, 0.25) is 5.02 Å². The topological polar surface area (TPSA) is 47.4 Å². The average Bonchev–Trinajstić information content (AvgIpc) is 3.41. The van der Waals surface area contributed by atoms with Crippen LogP contribution in [0.4, 0.5) is 0 Å². The van der Waals surface area contributed by atoms with E-state index >= 15 is 0 Å². The number of benzene rings is 2. The van der Waals surface area contributed by atoms with Crippen LogP contribution in [0.25, 0.3) is 0 Å². The van der Waals surface area contributed by atoms with Crippen molar-refractivity contribution in [2.45, 2.75) is 19.7 Å². The van der Waals surface area contributed by atoms with Crippen molar-refractivity contribution in [3.8, 4) is 5.75 Å². The summed E-state index contributed by atoms with van der Waals surface area (Å²) in [6.07, 6.45) is 0. The van der Waals surface area contributed by atoms with E-state index in [-0.39, 0.29) is 0 Å². The number of ether oxygens (including phenoxy) is 1. The Morgan fingerprint density at radius 3 is 2.48 bits per heavy atom. The van der Waals surface area contributed by atoms with Crippen molar-refractivity contribution >= 4 is 63.3 Å². The first kappa shape index (κ1) is 21.1. The molecular weight excluding hydrogens is 462 g/mol. The van der Waals surface area contributed by atoms with E-state index in [4.69, 9.17) is 21.3 Å². The Morgan fingerprint density at radius 1 is 1.03 bits per heavy atom. The molecule has 0 aliphatic carbocycles. The van der Waals surface area contributed by atoms with Gasteiger partial charge in [-0.1, -0.05) is 58.6 Å². The largest absolute Gasteiger partial charge is 0.497 e. The maximum Gasteiger partial charge on any atom is 0.175 e. The number of rotatable bonds is 8. The van der Waals surface area contributed by atoms with Crippen molar-refractivity contribution in [1.29, 1.82) is 0 Å². The SMILES string of the molecule is COc1ccc(C2=NC[C@@H](CSc3nnc(SCc4ccc(Cl)cc4)s3)S2)cc1. The highest BCUT2D eigenvalue weighted by molar-refractivity contribution is 8.16. The minimum Gasteiger partial charge on any atom is -0.497 e. The molecule has 0 N–H and O–H groups in total. The number of hydrogen-bond acceptors (Lipinski definition) is 8. The highest BCUT2D eigenvalue weighted by atomic mass is 35.5. The summed E-state index contributed by atoms with van der Waals surface area (Å²) >= 11 is 12.9. The van der Waals surface area contributed by atoms with Gasteiger partial charge in [-0.2, -0.15) is 0 Å². The van der Waals surface area contributed by atoms with Gasteiger partial charge in [0.2, 0.25) is 0 Å². The predicted molar refractivity (Wildman–Crippen MR) is 127 cm³/mol. The third kappa shape index (κ3) is 5.92. The van der Waals surface area contributed by atoms with E-state index in [1.165, 1.54) is 5.56 Å². The maximum absolute atomic E-state index is 5.93. The van der Waals surface area contributed by atoms with E-state index in [1.807, 2.05) is 48.2 Å². The molecule has 2 heterocycles. The molecule has 3 aromatic rings. The van der Waals surface area contributed by atoms with Gasteiger partial charge in [0.25, 0.3) is 0 Å². The van der Waals surface area contributed by atoms with Crippen LogP contribution in [0.3, 0.4) is 0 Å². The summed E-state index contributed by atoms with van der Waals surface area (Å²) in [7, 11) is 1.68. The van der Waals surface area contributed by atoms with Gasteiger partial charge in [0, 0.05) is 27.3 Å². The third-order valence-electron chi connectivity index (χ3n) is 4.11. The summed E-state index contributed by atoms with van der Waals surface area (Å²) in [5.41, 5.74) is 2.38. The normalized spacial score (nSPS) is 16.1. The van der Waals surface area contributed by atoms with Crippen LogP contribution < -0.4 is 4.74 Å². The van der Waals surface area contributed by atoms with Gasteiger partial charge in [-0.05, 0) is 42.0 Å². The number of aliphatic imine (C=N–C) groups is 1. The lowest BCUT2D eigenvalue weighted by atomic mass is 10.2. The van der Waals surface area contributed by atoms with Gasteiger partial charge in [0.1, 0.15) is 5.75 Å². The Bertz CT molecular complexity index is 976. The van der Waals surface area contributed by atoms with Gasteiger partial charge in [-0.15, -0.1) is 22.0 Å². The zero-order chi connectivity index (χ0) is 20.1. The zero-order valence-electron chi connectivity index (χ0n) is 15.6. The molecule has 0 bridgehead atoms. The molecule has 150 valence electrons. The van der Waals surface area contributed by atoms with E-state index < -0.39 is 0 Å². The Balaban J connectivity index is 1.23. The summed E-state index contributed by atoms with van der Waals surface area (Å²) in [5, 5.41) is 11.0. The van der Waals surface area contributed by atoms with Crippen LogP contribution in [-0.2, 0) is 5.75 Å². The lowest BCUT2D eigenvalue weighted by molar-refractivity contribution is 0.415. The summed E-state index contributed by atoms with van der Waals surface area (Å²) in [4.78, 5) is 4.71. The fourth-order valence-corrected chi connectivity index (χ4v) is 7.00. The number of nitrogens with zero attached hydrogens (tertiary/aromatic N) is 3. The molecule has 1 aliphatic rings. The Labute approximate surface area is 191 Å². The first-order valence-electron chi connectivity index (χ1n) is 8.88. The van der Waals surface area contributed by atoms with E-state index in [1.54, 1.807) is 42.0 Å². The van der Waals surface area contributed by atoms with Crippen molar-refractivity contribution in [1.82, 2.24) is 10.2 Å². The molecule has 0 saturated heterocycles. The highest BCUT2D eigenvalue weighted by Crippen LogP contribution is 2.34. The fraction of sp³-hybridized carbons (Fsp3) is 0.250. The molecule has 4 nitrogen and oxygen atoms in total. The fourth-order valence-electron chi connectivity index (χ4n) is 2.60. The molecule has 2 aromatic carbocycles. The lowest BCUT2D eigenvalue weighted by Crippen LogP contribution is -2.06. The van der Waals surface area contributed by atoms with Crippen molar-refractivity contribution in [3.05, 3.63) is 64.7 Å². The second-order valence-electron chi connectivity index (χ2n) is 6.17. The summed E-state index contributed by atoms with van der Waals surface area (Å²) in [6.45, 7) is 0.843. The number of thioether (sulfide) groups is 3. The van der Waals surface area contributed by atoms with Crippen molar-refractivity contribution < 1.29 is 4.74 Å². The molecule has 29 heavy (non-hydrogen) atoms. The van der Waals surface area contributed by atoms with Gasteiger partial charge in [-0.3, -0.25) is 4.99 Å². The molecule has 0 radical (unpaired) electrons. The van der Waals surface area contributed by atoms with Gasteiger partial charge < -0.3 is 4.74 Å². The van der Waals surface area contributed by atoms with Crippen LogP contribution in [-0.4, -0.2) is 39.9 Å². The van der Waals surface area contributed by atoms with Crippen LogP contribution >= 0.6 is 58.2 Å². The molecule has 0 fully saturated rings. The van der Waals surface area contributed by atoms with E-state index in [9.17, 15) is 0 Å². The average molecular weight is 480 g/mol. The summed E-state index contributed by atoms with van der Waals surface area (Å²) in [5.74, 6) is 2.71. The maximum atomic E-state index is 5.93. The first-order valence-corrected chi connectivity index (χ1v) is 12.9. The number of hydrogen-bond donors (Lipinski definition) is 0. The highest BCUT2D eigenvalue weighted by Gasteiger charge is 2.21. The number of halogens is 1. The van der Waals surface area contributed by atoms with Gasteiger partial charge in [-0.25, -0.2) is 0 Å². The zero-order valence-corrected chi connectivity index (χ0v) is 19.6. The van der Waals surface area contributed by atoms with E-state index in [2.05, 4.69) is 22.3 Å². The quantitative estimate of drug-likeness (QED) is 0.361. The number of methoxy groups -OCH3 is 1. The Kier molecular flexibility index (Phi) is 7.42. The van der Waals surface area contributed by atoms with Crippen molar-refractivity contribution in [2.24, 2.45) is 4.99 Å². The Hall–Kier alpha value is -1.19. The van der Waals surface area contributed by atoms with Crippen LogP contribution in [0, 0.1) is 0 Å². The Morgan fingerprint density at radius 2 is 1.76 bits per heavy atom. The van der Waals surface area contributed by atoms with Crippen molar-refractivity contribution in [3.63, 3.8) is 0 Å². The smallest absolute Gasteiger partial charge is 0.175 e.